The van der Waals surface area contributed by atoms with Crippen LogP contribution in [0.25, 0.3) is 0 Å². The van der Waals surface area contributed by atoms with Gasteiger partial charge in [0.25, 0.3) is 10.1 Å². The number of hydrogen-bond acceptors (Lipinski definition) is 6. The van der Waals surface area contributed by atoms with Gasteiger partial charge in [0.2, 0.25) is 6.10 Å². The molecule has 172 valence electrons. The summed E-state index contributed by atoms with van der Waals surface area (Å²) in [6.07, 6.45) is -5.31. The van der Waals surface area contributed by atoms with E-state index < -0.39 is 52.1 Å². The molecule has 1 aromatic rings. The highest BCUT2D eigenvalue weighted by Crippen LogP contribution is 2.28. The van der Waals surface area contributed by atoms with Gasteiger partial charge in [0.1, 0.15) is 35.4 Å². The number of alkyl halides is 3. The Morgan fingerprint density at radius 2 is 1.84 bits per heavy atom. The summed E-state index contributed by atoms with van der Waals surface area (Å²) in [5.41, 5.74) is 3.17. The summed E-state index contributed by atoms with van der Waals surface area (Å²) in [6, 6.07) is 3.69. The molecule has 1 N–H and O–H groups in total. The second kappa shape index (κ2) is 10.2. The van der Waals surface area contributed by atoms with Crippen molar-refractivity contribution in [3.8, 4) is 0 Å². The smallest absolute Gasteiger partial charge is 0.426 e. The summed E-state index contributed by atoms with van der Waals surface area (Å²) < 4.78 is 78.9. The molecule has 0 saturated heterocycles. The molecule has 1 aromatic carbocycles. The van der Waals surface area contributed by atoms with Crippen LogP contribution >= 0.6 is 0 Å². The highest BCUT2D eigenvalue weighted by Gasteiger charge is 2.46. The Bertz CT molecular complexity index is 1010. The molecule has 0 spiro atoms. The van der Waals surface area contributed by atoms with Crippen molar-refractivity contribution >= 4 is 56.5 Å². The monoisotopic (exact) mass is 472 g/mol. The number of carbonyl (C=O) groups is 2. The third-order valence-corrected chi connectivity index (χ3v) is 5.78. The first kappa shape index (κ1) is 26.1. The van der Waals surface area contributed by atoms with Crippen LogP contribution in [-0.2, 0) is 30.7 Å². The molecule has 7 nitrogen and oxygen atoms in total. The minimum absolute atomic E-state index is 0.0389. The largest absolute Gasteiger partial charge is 0.455 e. The molecule has 0 fully saturated rings. The van der Waals surface area contributed by atoms with Crippen molar-refractivity contribution in [3.63, 3.8) is 0 Å². The lowest BCUT2D eigenvalue weighted by molar-refractivity contribution is -0.217. The average molecular weight is 472 g/mol. The molecular formula is C18H22B3F3O7S. The molecule has 1 aliphatic rings. The third kappa shape index (κ3) is 7.16. The molecule has 2 rings (SSSR count). The van der Waals surface area contributed by atoms with Crippen molar-refractivity contribution in [2.24, 2.45) is 5.92 Å². The number of hydrogen-bond donors (Lipinski definition) is 1. The van der Waals surface area contributed by atoms with Gasteiger partial charge >= 0.3 is 18.1 Å². The van der Waals surface area contributed by atoms with Gasteiger partial charge in [-0.25, -0.2) is 4.79 Å². The van der Waals surface area contributed by atoms with Crippen molar-refractivity contribution < 1.29 is 45.2 Å². The van der Waals surface area contributed by atoms with E-state index in [2.05, 4.69) is 4.74 Å². The van der Waals surface area contributed by atoms with Gasteiger partial charge in [-0.15, -0.1) is 0 Å². The Hall–Kier alpha value is -2.21. The Labute approximate surface area is 186 Å². The van der Waals surface area contributed by atoms with Crippen LogP contribution in [0.5, 0.6) is 0 Å². The van der Waals surface area contributed by atoms with Gasteiger partial charge in [-0.2, -0.15) is 21.6 Å². The van der Waals surface area contributed by atoms with Gasteiger partial charge in [-0.05, 0) is 24.5 Å². The lowest BCUT2D eigenvalue weighted by atomic mass is 9.77. The summed E-state index contributed by atoms with van der Waals surface area (Å²) in [5, 5.41) is 0. The molecule has 3 unspecified atom stereocenters. The van der Waals surface area contributed by atoms with Crippen molar-refractivity contribution in [1.82, 2.24) is 0 Å². The molecule has 0 bridgehead atoms. The first-order valence-corrected chi connectivity index (χ1v) is 11.5. The molecular weight excluding hydrogens is 450 g/mol. The summed E-state index contributed by atoms with van der Waals surface area (Å²) >= 11 is 0. The zero-order chi connectivity index (χ0) is 24.3. The van der Waals surface area contributed by atoms with Crippen molar-refractivity contribution in [1.29, 1.82) is 0 Å². The molecule has 0 heterocycles. The van der Waals surface area contributed by atoms with Crippen molar-refractivity contribution in [2.45, 2.75) is 37.5 Å². The zero-order valence-electron chi connectivity index (χ0n) is 17.8. The highest BCUT2D eigenvalue weighted by atomic mass is 32.2. The summed E-state index contributed by atoms with van der Waals surface area (Å²) in [7, 11) is 0.658. The lowest BCUT2D eigenvalue weighted by Gasteiger charge is -2.25. The van der Waals surface area contributed by atoms with Gasteiger partial charge < -0.3 is 9.47 Å². The second-order valence-electron chi connectivity index (χ2n) is 7.69. The fourth-order valence-electron chi connectivity index (χ4n) is 3.55. The van der Waals surface area contributed by atoms with Crippen molar-refractivity contribution in [2.75, 3.05) is 5.75 Å². The summed E-state index contributed by atoms with van der Waals surface area (Å²) in [5.74, 6) is -4.66. The van der Waals surface area contributed by atoms with E-state index in [1.54, 1.807) is 6.07 Å². The van der Waals surface area contributed by atoms with E-state index >= 15 is 0 Å². The standard InChI is InChI=1S/C18H22B3F3O7S/c19-7-13-12(5-10(20)6-14(13)21)17(26)30-11-3-1-9(2-4-11)16(25)31-15(18(22,23)24)8-32(27,28)29/h1,3,5-6,9,11,15H,2,4,7-8,19-21H2,(H,27,28,29). The maximum Gasteiger partial charge on any atom is 0.426 e. The maximum absolute atomic E-state index is 12.9. The number of carbonyl (C=O) groups excluding carboxylic acids is 2. The molecule has 0 radical (unpaired) electrons. The zero-order valence-corrected chi connectivity index (χ0v) is 18.6. The lowest BCUT2D eigenvalue weighted by Crippen LogP contribution is -2.41. The van der Waals surface area contributed by atoms with Crippen LogP contribution in [0.1, 0.15) is 28.8 Å². The number of halogens is 3. The van der Waals surface area contributed by atoms with E-state index in [9.17, 15) is 31.2 Å². The van der Waals surface area contributed by atoms with Crippen LogP contribution in [0.3, 0.4) is 0 Å². The molecule has 1 aliphatic carbocycles. The average Bonchev–Trinajstić information content (AvgIpc) is 2.65. The van der Waals surface area contributed by atoms with Crippen LogP contribution < -0.4 is 10.9 Å². The van der Waals surface area contributed by atoms with E-state index in [-0.39, 0.29) is 12.8 Å². The molecule has 0 saturated carbocycles. The van der Waals surface area contributed by atoms with Gasteiger partial charge in [0.15, 0.2) is 0 Å². The number of esters is 2. The van der Waals surface area contributed by atoms with Gasteiger partial charge in [0, 0.05) is 0 Å². The number of benzene rings is 1. The minimum atomic E-state index is -5.16. The normalized spacial score (nSPS) is 19.9. The maximum atomic E-state index is 12.9. The minimum Gasteiger partial charge on any atom is -0.455 e. The Morgan fingerprint density at radius 1 is 1.19 bits per heavy atom. The Balaban J connectivity index is 2.05. The second-order valence-corrected chi connectivity index (χ2v) is 9.19. The first-order chi connectivity index (χ1) is 14.7. The van der Waals surface area contributed by atoms with Crippen LogP contribution in [0.2, 0.25) is 0 Å². The SMILES string of the molecule is BCc1c(B)cc(B)cc1C(=O)OC1C=CC(C(=O)OC(CS(=O)(=O)O)C(F)(F)F)CC1. The van der Waals surface area contributed by atoms with Gasteiger partial charge in [-0.1, -0.05) is 35.5 Å². The topological polar surface area (TPSA) is 107 Å². The molecule has 0 aliphatic heterocycles. The third-order valence-electron chi connectivity index (χ3n) is 5.06. The molecule has 32 heavy (non-hydrogen) atoms. The summed E-state index contributed by atoms with van der Waals surface area (Å²) in [4.78, 5) is 24.7. The predicted molar refractivity (Wildman–Crippen MR) is 118 cm³/mol. The highest BCUT2D eigenvalue weighted by molar-refractivity contribution is 7.85. The van der Waals surface area contributed by atoms with E-state index in [0.717, 1.165) is 16.5 Å². The quantitative estimate of drug-likeness (QED) is 0.216. The molecule has 3 atom stereocenters. The number of ether oxygens (including phenoxy) is 2. The fraction of sp³-hybridized carbons (Fsp3) is 0.444. The Kier molecular flexibility index (Phi) is 8.27. The summed E-state index contributed by atoms with van der Waals surface area (Å²) in [6.45, 7) is 0. The van der Waals surface area contributed by atoms with Crippen LogP contribution in [0.15, 0.2) is 24.3 Å². The molecule has 0 amide bonds. The van der Waals surface area contributed by atoms with Crippen molar-refractivity contribution in [3.05, 3.63) is 35.4 Å². The predicted octanol–water partition coefficient (Wildman–Crippen LogP) is -1.81. The van der Waals surface area contributed by atoms with E-state index in [1.165, 1.54) is 12.2 Å². The van der Waals surface area contributed by atoms with Gasteiger partial charge in [0.05, 0.1) is 11.5 Å². The Morgan fingerprint density at radius 3 is 2.34 bits per heavy atom. The first-order valence-electron chi connectivity index (χ1n) is 9.93. The van der Waals surface area contributed by atoms with E-state index in [0.29, 0.717) is 11.9 Å². The molecule has 14 heteroatoms. The van der Waals surface area contributed by atoms with Crippen LogP contribution in [-0.4, -0.2) is 72.6 Å². The fourth-order valence-corrected chi connectivity index (χ4v) is 4.19. The molecule has 0 aromatic heterocycles. The van der Waals surface area contributed by atoms with Gasteiger partial charge in [-0.3, -0.25) is 9.35 Å². The van der Waals surface area contributed by atoms with Crippen LogP contribution in [0, 0.1) is 5.92 Å². The van der Waals surface area contributed by atoms with E-state index in [1.807, 2.05) is 29.6 Å². The van der Waals surface area contributed by atoms with Crippen LogP contribution in [0.4, 0.5) is 13.2 Å². The van der Waals surface area contributed by atoms with E-state index in [4.69, 9.17) is 9.29 Å². The number of rotatable bonds is 7.